The van der Waals surface area contributed by atoms with Crippen LogP contribution in [0, 0.1) is 5.92 Å². The van der Waals surface area contributed by atoms with Gasteiger partial charge in [-0.1, -0.05) is 26.7 Å². The number of ketones is 1. The Labute approximate surface area is 81.1 Å². The van der Waals surface area contributed by atoms with Gasteiger partial charge in [-0.2, -0.15) is 0 Å². The van der Waals surface area contributed by atoms with E-state index in [1.165, 1.54) is 6.42 Å². The highest BCUT2D eigenvalue weighted by Crippen LogP contribution is 2.16. The van der Waals surface area contributed by atoms with Crippen molar-refractivity contribution in [1.29, 1.82) is 0 Å². The van der Waals surface area contributed by atoms with Crippen molar-refractivity contribution in [2.45, 2.75) is 52.0 Å². The fraction of sp³-hybridized carbons (Fsp3) is 0.909. The fourth-order valence-electron chi connectivity index (χ4n) is 1.96. The number of rotatable bonds is 5. The van der Waals surface area contributed by atoms with Crippen molar-refractivity contribution in [2.75, 3.05) is 6.54 Å². The van der Waals surface area contributed by atoms with Crippen LogP contribution in [-0.4, -0.2) is 18.4 Å². The van der Waals surface area contributed by atoms with Crippen LogP contribution in [-0.2, 0) is 4.79 Å². The second-order valence-electron chi connectivity index (χ2n) is 4.00. The standard InChI is InChI=1S/C11H21NO/c1-3-9(4-2)8-11(13)10-6-5-7-12-10/h9-10,12H,3-8H2,1-2H3. The van der Waals surface area contributed by atoms with Gasteiger partial charge in [0.05, 0.1) is 6.04 Å². The number of carbonyl (C=O) groups excluding carboxylic acids is 1. The van der Waals surface area contributed by atoms with Crippen LogP contribution < -0.4 is 5.32 Å². The maximum atomic E-state index is 11.7. The molecule has 0 aromatic heterocycles. The van der Waals surface area contributed by atoms with Crippen LogP contribution in [0.2, 0.25) is 0 Å². The van der Waals surface area contributed by atoms with Gasteiger partial charge in [0.15, 0.2) is 0 Å². The summed E-state index contributed by atoms with van der Waals surface area (Å²) in [7, 11) is 0. The van der Waals surface area contributed by atoms with E-state index in [2.05, 4.69) is 19.2 Å². The van der Waals surface area contributed by atoms with Crippen LogP contribution in [0.25, 0.3) is 0 Å². The van der Waals surface area contributed by atoms with E-state index in [1.807, 2.05) is 0 Å². The quantitative estimate of drug-likeness (QED) is 0.707. The number of hydrogen-bond acceptors (Lipinski definition) is 2. The lowest BCUT2D eigenvalue weighted by molar-refractivity contribution is -0.121. The van der Waals surface area contributed by atoms with Gasteiger partial charge < -0.3 is 5.32 Å². The molecule has 0 spiro atoms. The molecule has 0 aliphatic carbocycles. The summed E-state index contributed by atoms with van der Waals surface area (Å²) in [5, 5.41) is 3.26. The molecule has 1 N–H and O–H groups in total. The molecule has 1 heterocycles. The van der Waals surface area contributed by atoms with Gasteiger partial charge >= 0.3 is 0 Å². The Morgan fingerprint density at radius 2 is 2.15 bits per heavy atom. The first-order valence-electron chi connectivity index (χ1n) is 5.54. The van der Waals surface area contributed by atoms with E-state index in [0.717, 1.165) is 32.2 Å². The van der Waals surface area contributed by atoms with E-state index in [0.29, 0.717) is 11.7 Å². The van der Waals surface area contributed by atoms with Gasteiger partial charge in [0.25, 0.3) is 0 Å². The Bertz CT molecular complexity index is 157. The normalized spacial score (nSPS) is 22.5. The van der Waals surface area contributed by atoms with E-state index in [-0.39, 0.29) is 6.04 Å². The third-order valence-corrected chi connectivity index (χ3v) is 3.09. The monoisotopic (exact) mass is 183 g/mol. The zero-order valence-electron chi connectivity index (χ0n) is 8.81. The van der Waals surface area contributed by atoms with Crippen LogP contribution in [0.4, 0.5) is 0 Å². The van der Waals surface area contributed by atoms with Crippen molar-refractivity contribution in [3.8, 4) is 0 Å². The number of nitrogens with one attached hydrogen (secondary N) is 1. The zero-order chi connectivity index (χ0) is 9.68. The van der Waals surface area contributed by atoms with E-state index in [1.54, 1.807) is 0 Å². The molecule has 1 atom stereocenters. The minimum Gasteiger partial charge on any atom is -0.307 e. The summed E-state index contributed by atoms with van der Waals surface area (Å²) in [4.78, 5) is 11.7. The third kappa shape index (κ3) is 3.11. The fourth-order valence-corrected chi connectivity index (χ4v) is 1.96. The maximum absolute atomic E-state index is 11.7. The molecule has 13 heavy (non-hydrogen) atoms. The summed E-state index contributed by atoms with van der Waals surface area (Å²) in [5.41, 5.74) is 0. The first-order valence-corrected chi connectivity index (χ1v) is 5.54. The van der Waals surface area contributed by atoms with Crippen molar-refractivity contribution in [3.63, 3.8) is 0 Å². The number of carbonyl (C=O) groups is 1. The lowest BCUT2D eigenvalue weighted by Crippen LogP contribution is -2.31. The Hall–Kier alpha value is -0.370. The van der Waals surface area contributed by atoms with E-state index in [9.17, 15) is 4.79 Å². The van der Waals surface area contributed by atoms with Crippen molar-refractivity contribution in [2.24, 2.45) is 5.92 Å². The molecular formula is C11H21NO. The lowest BCUT2D eigenvalue weighted by Gasteiger charge is -2.14. The van der Waals surface area contributed by atoms with Crippen molar-refractivity contribution in [3.05, 3.63) is 0 Å². The smallest absolute Gasteiger partial charge is 0.150 e. The minimum atomic E-state index is 0.181. The van der Waals surface area contributed by atoms with Gasteiger partial charge in [-0.25, -0.2) is 0 Å². The molecule has 1 saturated heterocycles. The van der Waals surface area contributed by atoms with Gasteiger partial charge in [0.1, 0.15) is 5.78 Å². The van der Waals surface area contributed by atoms with Crippen molar-refractivity contribution < 1.29 is 4.79 Å². The molecule has 0 aromatic rings. The van der Waals surface area contributed by atoms with Gasteiger partial charge in [-0.05, 0) is 25.3 Å². The Balaban J connectivity index is 2.30. The average molecular weight is 183 g/mol. The second kappa shape index (κ2) is 5.38. The van der Waals surface area contributed by atoms with Gasteiger partial charge in [-0.15, -0.1) is 0 Å². The molecule has 1 aliphatic rings. The first-order chi connectivity index (χ1) is 6.27. The van der Waals surface area contributed by atoms with Crippen molar-refractivity contribution in [1.82, 2.24) is 5.32 Å². The van der Waals surface area contributed by atoms with Gasteiger partial charge in [0.2, 0.25) is 0 Å². The molecule has 1 fully saturated rings. The van der Waals surface area contributed by atoms with Crippen LogP contribution >= 0.6 is 0 Å². The van der Waals surface area contributed by atoms with E-state index >= 15 is 0 Å². The highest BCUT2D eigenvalue weighted by Gasteiger charge is 2.23. The largest absolute Gasteiger partial charge is 0.307 e. The number of hydrogen-bond donors (Lipinski definition) is 1. The van der Waals surface area contributed by atoms with E-state index in [4.69, 9.17) is 0 Å². The van der Waals surface area contributed by atoms with Crippen LogP contribution in [0.15, 0.2) is 0 Å². The lowest BCUT2D eigenvalue weighted by atomic mass is 9.94. The minimum absolute atomic E-state index is 0.181. The van der Waals surface area contributed by atoms with Gasteiger partial charge in [0, 0.05) is 6.42 Å². The molecule has 76 valence electrons. The topological polar surface area (TPSA) is 29.1 Å². The molecule has 1 aliphatic heterocycles. The summed E-state index contributed by atoms with van der Waals surface area (Å²) >= 11 is 0. The summed E-state index contributed by atoms with van der Waals surface area (Å²) in [6.45, 7) is 5.37. The Kier molecular flexibility index (Phi) is 4.43. The SMILES string of the molecule is CCC(CC)CC(=O)C1CCCN1. The first kappa shape index (κ1) is 10.7. The molecule has 0 radical (unpaired) electrons. The summed E-state index contributed by atoms with van der Waals surface area (Å²) in [6, 6.07) is 0.181. The van der Waals surface area contributed by atoms with Crippen LogP contribution in [0.1, 0.15) is 46.0 Å². The van der Waals surface area contributed by atoms with Gasteiger partial charge in [-0.3, -0.25) is 4.79 Å². The predicted molar refractivity (Wildman–Crippen MR) is 54.7 cm³/mol. The molecule has 1 unspecified atom stereocenters. The molecule has 0 aromatic carbocycles. The predicted octanol–water partition coefficient (Wildman–Crippen LogP) is 2.13. The highest BCUT2D eigenvalue weighted by molar-refractivity contribution is 5.84. The molecule has 0 saturated carbocycles. The molecule has 1 rings (SSSR count). The van der Waals surface area contributed by atoms with E-state index < -0.39 is 0 Å². The Morgan fingerprint density at radius 3 is 2.62 bits per heavy atom. The summed E-state index contributed by atoms with van der Waals surface area (Å²) < 4.78 is 0. The summed E-state index contributed by atoms with van der Waals surface area (Å²) in [6.07, 6.45) is 5.27. The Morgan fingerprint density at radius 1 is 1.46 bits per heavy atom. The molecule has 0 bridgehead atoms. The summed E-state index contributed by atoms with van der Waals surface area (Å²) in [5.74, 6) is 1.04. The molecule has 2 heteroatoms. The van der Waals surface area contributed by atoms with Crippen LogP contribution in [0.5, 0.6) is 0 Å². The molecule has 0 amide bonds. The maximum Gasteiger partial charge on any atom is 0.150 e. The molecular weight excluding hydrogens is 162 g/mol. The highest BCUT2D eigenvalue weighted by atomic mass is 16.1. The van der Waals surface area contributed by atoms with Crippen molar-refractivity contribution >= 4 is 5.78 Å². The molecule has 2 nitrogen and oxygen atoms in total. The second-order valence-corrected chi connectivity index (χ2v) is 4.00. The zero-order valence-corrected chi connectivity index (χ0v) is 8.81. The third-order valence-electron chi connectivity index (χ3n) is 3.09. The average Bonchev–Trinajstić information content (AvgIpc) is 2.66. The number of Topliss-reactive ketones (excluding diaryl/α,β-unsaturated/α-hetero) is 1. The van der Waals surface area contributed by atoms with Crippen LogP contribution in [0.3, 0.4) is 0 Å².